The standard InChI is InChI=1S/C22H19N5O2S2/c1-13-15(9-10-28-13)19-25-26-22(29-19)31-21-18-16(14-7-5-4-6-8-14)12-30-20(18)23-17(24-21)11-27(2)3/h4-10,12H,11H2,1-3H3. The predicted octanol–water partition coefficient (Wildman–Crippen LogP) is 5.52. The van der Waals surface area contributed by atoms with Gasteiger partial charge in [-0.3, -0.25) is 0 Å². The molecule has 0 unspecified atom stereocenters. The highest BCUT2D eigenvalue weighted by Crippen LogP contribution is 2.40. The van der Waals surface area contributed by atoms with Gasteiger partial charge in [0.1, 0.15) is 21.4 Å². The van der Waals surface area contributed by atoms with Crippen molar-refractivity contribution in [3.05, 3.63) is 59.6 Å². The maximum absolute atomic E-state index is 5.92. The average molecular weight is 450 g/mol. The molecule has 0 saturated heterocycles. The summed E-state index contributed by atoms with van der Waals surface area (Å²) in [5.41, 5.74) is 3.02. The van der Waals surface area contributed by atoms with Crippen LogP contribution in [0.3, 0.4) is 0 Å². The average Bonchev–Trinajstić information content (AvgIpc) is 3.48. The summed E-state index contributed by atoms with van der Waals surface area (Å²) < 4.78 is 11.3. The van der Waals surface area contributed by atoms with Crippen molar-refractivity contribution in [2.45, 2.75) is 23.7 Å². The first-order valence-corrected chi connectivity index (χ1v) is 11.3. The summed E-state index contributed by atoms with van der Waals surface area (Å²) in [5, 5.41) is 12.8. The Morgan fingerprint density at radius 1 is 1.03 bits per heavy atom. The summed E-state index contributed by atoms with van der Waals surface area (Å²) >= 11 is 2.98. The Balaban J connectivity index is 1.59. The topological polar surface area (TPSA) is 81.1 Å². The van der Waals surface area contributed by atoms with Crippen molar-refractivity contribution in [1.82, 2.24) is 25.1 Å². The van der Waals surface area contributed by atoms with Gasteiger partial charge in [-0.2, -0.15) is 0 Å². The van der Waals surface area contributed by atoms with Gasteiger partial charge < -0.3 is 13.7 Å². The molecular formula is C22H19N5O2S2. The normalized spacial score (nSPS) is 11.6. The number of nitrogens with zero attached hydrogens (tertiary/aromatic N) is 5. The highest BCUT2D eigenvalue weighted by atomic mass is 32.2. The lowest BCUT2D eigenvalue weighted by atomic mass is 10.1. The zero-order valence-electron chi connectivity index (χ0n) is 17.2. The maximum atomic E-state index is 5.92. The van der Waals surface area contributed by atoms with E-state index in [4.69, 9.17) is 18.8 Å². The van der Waals surface area contributed by atoms with E-state index in [-0.39, 0.29) is 0 Å². The molecule has 4 heterocycles. The first kappa shape index (κ1) is 19.9. The van der Waals surface area contributed by atoms with E-state index in [9.17, 15) is 0 Å². The third kappa shape index (κ3) is 3.99. The molecule has 9 heteroatoms. The molecule has 0 aliphatic carbocycles. The fourth-order valence-corrected chi connectivity index (χ4v) is 5.12. The largest absolute Gasteiger partial charge is 0.469 e. The molecule has 0 bridgehead atoms. The summed E-state index contributed by atoms with van der Waals surface area (Å²) in [7, 11) is 4.00. The van der Waals surface area contributed by atoms with Crippen LogP contribution in [0.2, 0.25) is 0 Å². The second-order valence-electron chi connectivity index (χ2n) is 7.24. The van der Waals surface area contributed by atoms with Crippen LogP contribution in [-0.2, 0) is 6.54 Å². The van der Waals surface area contributed by atoms with E-state index in [2.05, 4.69) is 27.7 Å². The van der Waals surface area contributed by atoms with E-state index in [1.54, 1.807) is 17.6 Å². The highest BCUT2D eigenvalue weighted by Gasteiger charge is 2.20. The molecule has 0 aliphatic rings. The van der Waals surface area contributed by atoms with Gasteiger partial charge >= 0.3 is 0 Å². The molecule has 156 valence electrons. The molecule has 0 atom stereocenters. The Labute approximate surface area is 187 Å². The number of benzene rings is 1. The van der Waals surface area contributed by atoms with Gasteiger partial charge in [-0.15, -0.1) is 21.5 Å². The van der Waals surface area contributed by atoms with Gasteiger partial charge in [-0.1, -0.05) is 30.3 Å². The summed E-state index contributed by atoms with van der Waals surface area (Å²) in [5.74, 6) is 1.93. The van der Waals surface area contributed by atoms with Crippen LogP contribution in [0.5, 0.6) is 0 Å². The SMILES string of the molecule is Cc1occc1-c1nnc(Sc2nc(CN(C)C)nc3scc(-c4ccccc4)c23)o1. The number of aryl methyl sites for hydroxylation is 1. The van der Waals surface area contributed by atoms with Gasteiger partial charge in [0.15, 0.2) is 0 Å². The molecule has 0 N–H and O–H groups in total. The molecule has 0 amide bonds. The number of hydrogen-bond donors (Lipinski definition) is 0. The van der Waals surface area contributed by atoms with Crippen molar-refractivity contribution in [1.29, 1.82) is 0 Å². The lowest BCUT2D eigenvalue weighted by Crippen LogP contribution is -2.13. The quantitative estimate of drug-likeness (QED) is 0.313. The van der Waals surface area contributed by atoms with Crippen molar-refractivity contribution in [3.8, 4) is 22.6 Å². The molecule has 1 aromatic carbocycles. The van der Waals surface area contributed by atoms with Gasteiger partial charge in [-0.25, -0.2) is 9.97 Å². The molecule has 5 rings (SSSR count). The molecule has 31 heavy (non-hydrogen) atoms. The molecule has 0 aliphatic heterocycles. The van der Waals surface area contributed by atoms with Gasteiger partial charge in [0.2, 0.25) is 0 Å². The number of hydrogen-bond acceptors (Lipinski definition) is 9. The molecule has 5 aromatic rings. The summed E-state index contributed by atoms with van der Waals surface area (Å²) in [6.07, 6.45) is 1.61. The minimum Gasteiger partial charge on any atom is -0.469 e. The lowest BCUT2D eigenvalue weighted by Gasteiger charge is -2.10. The van der Waals surface area contributed by atoms with E-state index in [1.165, 1.54) is 11.8 Å². The van der Waals surface area contributed by atoms with Crippen molar-refractivity contribution >= 4 is 33.3 Å². The fraction of sp³-hybridized carbons (Fsp3) is 0.182. The molecule has 0 radical (unpaired) electrons. The Bertz CT molecular complexity index is 1340. The van der Waals surface area contributed by atoms with Crippen LogP contribution >= 0.6 is 23.1 Å². The summed E-state index contributed by atoms with van der Waals surface area (Å²) in [4.78, 5) is 12.6. The Hall–Kier alpha value is -3.01. The smallest absolute Gasteiger partial charge is 0.283 e. The first-order valence-electron chi connectivity index (χ1n) is 9.62. The summed E-state index contributed by atoms with van der Waals surface area (Å²) in [6, 6.07) is 12.1. The number of furan rings is 1. The van der Waals surface area contributed by atoms with E-state index in [0.29, 0.717) is 17.7 Å². The van der Waals surface area contributed by atoms with E-state index >= 15 is 0 Å². The third-order valence-electron chi connectivity index (χ3n) is 4.67. The second-order valence-corrected chi connectivity index (χ2v) is 9.04. The molecule has 0 fully saturated rings. The van der Waals surface area contributed by atoms with E-state index < -0.39 is 0 Å². The Morgan fingerprint density at radius 2 is 1.87 bits per heavy atom. The van der Waals surface area contributed by atoms with Crippen LogP contribution < -0.4 is 0 Å². The predicted molar refractivity (Wildman–Crippen MR) is 121 cm³/mol. The van der Waals surface area contributed by atoms with Crippen molar-refractivity contribution < 1.29 is 8.83 Å². The molecule has 0 spiro atoms. The highest BCUT2D eigenvalue weighted by molar-refractivity contribution is 7.99. The second kappa shape index (κ2) is 8.26. The number of fused-ring (bicyclic) bond motifs is 1. The van der Waals surface area contributed by atoms with Crippen LogP contribution in [0.4, 0.5) is 0 Å². The maximum Gasteiger partial charge on any atom is 0.283 e. The van der Waals surface area contributed by atoms with Crippen LogP contribution in [0.15, 0.2) is 67.1 Å². The molecule has 4 aromatic heterocycles. The van der Waals surface area contributed by atoms with Crippen molar-refractivity contribution in [3.63, 3.8) is 0 Å². The molecule has 0 saturated carbocycles. The Kier molecular flexibility index (Phi) is 5.31. The minimum atomic E-state index is 0.427. The monoisotopic (exact) mass is 449 g/mol. The van der Waals surface area contributed by atoms with Crippen molar-refractivity contribution in [2.24, 2.45) is 0 Å². The molecular weight excluding hydrogens is 430 g/mol. The van der Waals surface area contributed by atoms with Gasteiger partial charge in [-0.05, 0) is 44.4 Å². The third-order valence-corrected chi connectivity index (χ3v) is 6.37. The van der Waals surface area contributed by atoms with Crippen LogP contribution in [0, 0.1) is 6.92 Å². The minimum absolute atomic E-state index is 0.427. The van der Waals surface area contributed by atoms with Crippen LogP contribution in [0.25, 0.3) is 32.8 Å². The van der Waals surface area contributed by atoms with Gasteiger partial charge in [0.25, 0.3) is 11.1 Å². The molecule has 7 nitrogen and oxygen atoms in total. The van der Waals surface area contributed by atoms with Crippen LogP contribution in [-0.4, -0.2) is 39.2 Å². The van der Waals surface area contributed by atoms with Gasteiger partial charge in [0, 0.05) is 10.9 Å². The zero-order valence-corrected chi connectivity index (χ0v) is 18.8. The fourth-order valence-electron chi connectivity index (χ4n) is 3.26. The van der Waals surface area contributed by atoms with E-state index in [1.807, 2.05) is 50.2 Å². The zero-order chi connectivity index (χ0) is 21.4. The first-order chi connectivity index (χ1) is 15.1. The summed E-state index contributed by atoms with van der Waals surface area (Å²) in [6.45, 7) is 2.51. The van der Waals surface area contributed by atoms with E-state index in [0.717, 1.165) is 43.5 Å². The van der Waals surface area contributed by atoms with Gasteiger partial charge in [0.05, 0.1) is 23.8 Å². The lowest BCUT2D eigenvalue weighted by molar-refractivity contribution is 0.390. The number of thiophene rings is 1. The van der Waals surface area contributed by atoms with Crippen LogP contribution in [0.1, 0.15) is 11.6 Å². The Morgan fingerprint density at radius 3 is 2.61 bits per heavy atom. The number of aromatic nitrogens is 4. The van der Waals surface area contributed by atoms with Crippen molar-refractivity contribution in [2.75, 3.05) is 14.1 Å². The number of rotatable bonds is 6.